The smallest absolute Gasteiger partial charge is 0.184 e. The average molecular weight is 310 g/mol. The largest absolute Gasteiger partial charge is 0.214 e. The summed E-state index contributed by atoms with van der Waals surface area (Å²) in [4.78, 5) is 8.26. The Morgan fingerprint density at radius 1 is 1.00 bits per heavy atom. The first kappa shape index (κ1) is 13.0. The highest BCUT2D eigenvalue weighted by molar-refractivity contribution is 6.37. The molecular formula is C12H6Cl2FN5. The Bertz CT molecular complexity index is 720. The van der Waals surface area contributed by atoms with E-state index in [1.807, 2.05) is 0 Å². The normalized spacial score (nSPS) is 10.8. The first-order chi connectivity index (χ1) is 9.65. The van der Waals surface area contributed by atoms with Gasteiger partial charge in [-0.15, -0.1) is 0 Å². The van der Waals surface area contributed by atoms with E-state index in [0.29, 0.717) is 16.8 Å². The van der Waals surface area contributed by atoms with Crippen LogP contribution in [-0.2, 0) is 0 Å². The maximum Gasteiger partial charge on any atom is 0.184 e. The topological polar surface area (TPSA) is 67.3 Å². The fourth-order valence-corrected chi connectivity index (χ4v) is 2.29. The molecule has 0 aliphatic carbocycles. The predicted molar refractivity (Wildman–Crippen MR) is 72.8 cm³/mol. The number of rotatable bonds is 2. The molecule has 1 aromatic carbocycles. The summed E-state index contributed by atoms with van der Waals surface area (Å²) in [5.41, 5.74) is 1.51. The summed E-state index contributed by atoms with van der Waals surface area (Å²) in [6, 6.07) is 5.74. The van der Waals surface area contributed by atoms with E-state index in [1.54, 1.807) is 12.1 Å². The van der Waals surface area contributed by atoms with Crippen LogP contribution in [0.2, 0.25) is 10.3 Å². The van der Waals surface area contributed by atoms with Crippen LogP contribution in [0.15, 0.2) is 30.5 Å². The number of aromatic amines is 1. The number of hydrogen-bond acceptors (Lipinski definition) is 4. The molecule has 0 aliphatic rings. The molecule has 0 saturated carbocycles. The van der Waals surface area contributed by atoms with Crippen molar-refractivity contribution in [2.75, 3.05) is 0 Å². The maximum absolute atomic E-state index is 12.9. The molecule has 0 unspecified atom stereocenters. The molecule has 20 heavy (non-hydrogen) atoms. The molecule has 0 amide bonds. The monoisotopic (exact) mass is 309 g/mol. The van der Waals surface area contributed by atoms with Gasteiger partial charge in [-0.1, -0.05) is 35.3 Å². The van der Waals surface area contributed by atoms with Crippen LogP contribution < -0.4 is 0 Å². The van der Waals surface area contributed by atoms with E-state index in [4.69, 9.17) is 23.2 Å². The molecule has 2 aromatic heterocycles. The first-order valence-electron chi connectivity index (χ1n) is 5.50. The summed E-state index contributed by atoms with van der Waals surface area (Å²) in [6.07, 6.45) is 1.46. The average Bonchev–Trinajstić information content (AvgIpc) is 2.94. The van der Waals surface area contributed by atoms with Gasteiger partial charge in [0.15, 0.2) is 5.82 Å². The van der Waals surface area contributed by atoms with E-state index in [0.717, 1.165) is 0 Å². The fourth-order valence-electron chi connectivity index (χ4n) is 1.69. The Balaban J connectivity index is 2.11. The Morgan fingerprint density at radius 2 is 1.65 bits per heavy atom. The van der Waals surface area contributed by atoms with Crippen LogP contribution in [0.5, 0.6) is 0 Å². The van der Waals surface area contributed by atoms with Crippen molar-refractivity contribution in [3.63, 3.8) is 0 Å². The Kier molecular flexibility index (Phi) is 3.33. The second-order valence-electron chi connectivity index (χ2n) is 3.87. The van der Waals surface area contributed by atoms with Crippen molar-refractivity contribution < 1.29 is 4.39 Å². The van der Waals surface area contributed by atoms with Gasteiger partial charge in [0.1, 0.15) is 21.8 Å². The number of aromatic nitrogens is 5. The quantitative estimate of drug-likeness (QED) is 0.737. The lowest BCUT2D eigenvalue weighted by atomic mass is 10.1. The molecule has 0 saturated heterocycles. The van der Waals surface area contributed by atoms with E-state index in [9.17, 15) is 4.39 Å². The van der Waals surface area contributed by atoms with Crippen LogP contribution in [0.3, 0.4) is 0 Å². The summed E-state index contributed by atoms with van der Waals surface area (Å²) in [5.74, 6) is -0.0826. The zero-order valence-electron chi connectivity index (χ0n) is 9.81. The first-order valence-corrected chi connectivity index (χ1v) is 6.26. The minimum absolute atomic E-state index is 0.162. The summed E-state index contributed by atoms with van der Waals surface area (Å²) in [6.45, 7) is 0. The summed E-state index contributed by atoms with van der Waals surface area (Å²) < 4.78 is 12.9. The van der Waals surface area contributed by atoms with Crippen molar-refractivity contribution in [1.29, 1.82) is 0 Å². The number of halogens is 3. The van der Waals surface area contributed by atoms with E-state index >= 15 is 0 Å². The standard InChI is InChI=1S/C12H6Cl2FN5/c13-10-9(6-1-3-7(15)4-2-6)11(14)18-12(17-10)8-5-16-20-19-8/h1-5H,(H,16,19,20). The highest BCUT2D eigenvalue weighted by Crippen LogP contribution is 2.33. The molecule has 0 bridgehead atoms. The molecule has 0 fully saturated rings. The number of H-pyrrole nitrogens is 1. The molecule has 0 radical (unpaired) electrons. The highest BCUT2D eigenvalue weighted by atomic mass is 35.5. The van der Waals surface area contributed by atoms with Gasteiger partial charge in [-0.3, -0.25) is 0 Å². The van der Waals surface area contributed by atoms with Crippen molar-refractivity contribution >= 4 is 23.2 Å². The van der Waals surface area contributed by atoms with Crippen molar-refractivity contribution in [1.82, 2.24) is 25.4 Å². The number of nitrogens with zero attached hydrogens (tertiary/aromatic N) is 4. The molecule has 0 atom stereocenters. The molecule has 0 spiro atoms. The third-order valence-corrected chi connectivity index (χ3v) is 3.14. The van der Waals surface area contributed by atoms with E-state index in [-0.39, 0.29) is 21.9 Å². The lowest BCUT2D eigenvalue weighted by molar-refractivity contribution is 0.628. The lowest BCUT2D eigenvalue weighted by Crippen LogP contribution is -1.95. The number of hydrogen-bond donors (Lipinski definition) is 1. The minimum Gasteiger partial charge on any atom is -0.214 e. The van der Waals surface area contributed by atoms with E-state index in [2.05, 4.69) is 25.4 Å². The number of benzene rings is 1. The van der Waals surface area contributed by atoms with Crippen molar-refractivity contribution in [2.45, 2.75) is 0 Å². The highest BCUT2D eigenvalue weighted by Gasteiger charge is 2.15. The van der Waals surface area contributed by atoms with Crippen LogP contribution in [0.1, 0.15) is 0 Å². The van der Waals surface area contributed by atoms with E-state index < -0.39 is 0 Å². The summed E-state index contributed by atoms with van der Waals surface area (Å²) in [5, 5.41) is 10.3. The molecule has 1 N–H and O–H groups in total. The Hall–Kier alpha value is -2.05. The molecule has 8 heteroatoms. The van der Waals surface area contributed by atoms with Gasteiger partial charge in [0.2, 0.25) is 0 Å². The van der Waals surface area contributed by atoms with Gasteiger partial charge in [-0.05, 0) is 17.7 Å². The molecule has 2 heterocycles. The van der Waals surface area contributed by atoms with E-state index in [1.165, 1.54) is 18.3 Å². The van der Waals surface area contributed by atoms with Crippen LogP contribution >= 0.6 is 23.2 Å². The molecule has 100 valence electrons. The molecular weight excluding hydrogens is 304 g/mol. The second kappa shape index (κ2) is 5.15. The van der Waals surface area contributed by atoms with Crippen LogP contribution in [0, 0.1) is 5.82 Å². The van der Waals surface area contributed by atoms with Crippen molar-refractivity contribution in [3.05, 3.63) is 46.6 Å². The zero-order valence-corrected chi connectivity index (χ0v) is 11.3. The third kappa shape index (κ3) is 2.35. The van der Waals surface area contributed by atoms with Crippen LogP contribution in [0.4, 0.5) is 4.39 Å². The van der Waals surface area contributed by atoms with Crippen molar-refractivity contribution in [3.8, 4) is 22.6 Å². The molecule has 0 aliphatic heterocycles. The van der Waals surface area contributed by atoms with Crippen LogP contribution in [0.25, 0.3) is 22.6 Å². The van der Waals surface area contributed by atoms with Crippen molar-refractivity contribution in [2.24, 2.45) is 0 Å². The Labute approximate surface area is 122 Å². The lowest BCUT2D eigenvalue weighted by Gasteiger charge is -2.07. The molecule has 3 aromatic rings. The van der Waals surface area contributed by atoms with Gasteiger partial charge in [0.05, 0.1) is 11.8 Å². The molecule has 3 rings (SSSR count). The predicted octanol–water partition coefficient (Wildman–Crippen LogP) is 3.37. The summed E-state index contributed by atoms with van der Waals surface area (Å²) >= 11 is 12.3. The van der Waals surface area contributed by atoms with Gasteiger partial charge >= 0.3 is 0 Å². The fraction of sp³-hybridized carbons (Fsp3) is 0. The maximum atomic E-state index is 12.9. The second-order valence-corrected chi connectivity index (χ2v) is 4.58. The van der Waals surface area contributed by atoms with Gasteiger partial charge in [0.25, 0.3) is 0 Å². The summed E-state index contributed by atoms with van der Waals surface area (Å²) in [7, 11) is 0. The Morgan fingerprint density at radius 3 is 2.20 bits per heavy atom. The van der Waals surface area contributed by atoms with Crippen LogP contribution in [-0.4, -0.2) is 25.4 Å². The van der Waals surface area contributed by atoms with Gasteiger partial charge in [0, 0.05) is 0 Å². The van der Waals surface area contributed by atoms with Gasteiger partial charge in [-0.25, -0.2) is 14.4 Å². The third-order valence-electron chi connectivity index (χ3n) is 2.60. The molecule has 5 nitrogen and oxygen atoms in total. The van der Waals surface area contributed by atoms with Gasteiger partial charge < -0.3 is 0 Å². The minimum atomic E-state index is -0.346. The SMILES string of the molecule is Fc1ccc(-c2c(Cl)nc(-c3cn[nH]n3)nc2Cl)cc1. The zero-order chi connectivity index (χ0) is 14.1. The number of nitrogens with one attached hydrogen (secondary N) is 1. The van der Waals surface area contributed by atoms with Gasteiger partial charge in [-0.2, -0.15) is 15.4 Å².